The number of para-hydroxylation sites is 3. The highest BCUT2D eigenvalue weighted by atomic mass is 32.1. The molecule has 0 spiro atoms. The van der Waals surface area contributed by atoms with Crippen molar-refractivity contribution < 1.29 is 9.47 Å². The van der Waals surface area contributed by atoms with Crippen molar-refractivity contribution >= 4 is 29.2 Å². The summed E-state index contributed by atoms with van der Waals surface area (Å²) >= 11 is 5.37. The van der Waals surface area contributed by atoms with E-state index in [1.165, 1.54) is 0 Å². The molecule has 4 rings (SSSR count). The van der Waals surface area contributed by atoms with Crippen LogP contribution in [0.3, 0.4) is 0 Å². The molecule has 1 aromatic heterocycles. The molecule has 0 unspecified atom stereocenters. The summed E-state index contributed by atoms with van der Waals surface area (Å²) in [5.74, 6) is 1.47. The zero-order valence-electron chi connectivity index (χ0n) is 18.2. The summed E-state index contributed by atoms with van der Waals surface area (Å²) in [5, 5.41) is 12.5. The minimum absolute atomic E-state index is 0.345. The summed E-state index contributed by atoms with van der Waals surface area (Å²) in [6, 6.07) is 25.2. The smallest absolute Gasteiger partial charge is 0.191 e. The van der Waals surface area contributed by atoms with Gasteiger partial charge in [-0.05, 0) is 60.7 Å². The maximum atomic E-state index is 5.37. The normalized spacial score (nSPS) is 10.7. The van der Waals surface area contributed by atoms with Crippen molar-refractivity contribution in [3.05, 3.63) is 90.6 Å². The molecule has 0 radical (unpaired) electrons. The summed E-state index contributed by atoms with van der Waals surface area (Å²) < 4.78 is 12.4. The van der Waals surface area contributed by atoms with Crippen molar-refractivity contribution in [2.45, 2.75) is 0 Å². The van der Waals surface area contributed by atoms with E-state index in [0.29, 0.717) is 10.9 Å². The Morgan fingerprint density at radius 3 is 2.39 bits per heavy atom. The van der Waals surface area contributed by atoms with Crippen LogP contribution in [0.2, 0.25) is 0 Å². The Bertz CT molecular complexity index is 1250. The lowest BCUT2D eigenvalue weighted by Crippen LogP contribution is -2.24. The number of hydrogen-bond donors (Lipinski definition) is 2. The number of anilines is 1. The summed E-state index contributed by atoms with van der Waals surface area (Å²) in [6.07, 6.45) is 3.62. The molecule has 8 heteroatoms. The molecule has 166 valence electrons. The van der Waals surface area contributed by atoms with Gasteiger partial charge in [0.15, 0.2) is 5.11 Å². The topological polar surface area (TPSA) is 72.7 Å². The molecular formula is C25H23N5O2S. The fraction of sp³-hybridized carbons (Fsp3) is 0.0800. The highest BCUT2D eigenvalue weighted by molar-refractivity contribution is 7.80. The molecule has 33 heavy (non-hydrogen) atoms. The van der Waals surface area contributed by atoms with Crippen LogP contribution in [0.5, 0.6) is 11.5 Å². The van der Waals surface area contributed by atoms with E-state index in [0.717, 1.165) is 33.9 Å². The van der Waals surface area contributed by atoms with E-state index in [-0.39, 0.29) is 0 Å². The third-order valence-corrected chi connectivity index (χ3v) is 5.04. The van der Waals surface area contributed by atoms with Gasteiger partial charge >= 0.3 is 0 Å². The van der Waals surface area contributed by atoms with Gasteiger partial charge in [-0.1, -0.05) is 30.3 Å². The van der Waals surface area contributed by atoms with Crippen molar-refractivity contribution in [2.24, 2.45) is 5.10 Å². The van der Waals surface area contributed by atoms with E-state index in [1.807, 2.05) is 89.7 Å². The van der Waals surface area contributed by atoms with Gasteiger partial charge in [0.2, 0.25) is 0 Å². The molecule has 4 aromatic rings. The summed E-state index contributed by atoms with van der Waals surface area (Å²) in [7, 11) is 3.26. The number of nitrogens with zero attached hydrogens (tertiary/aromatic N) is 3. The van der Waals surface area contributed by atoms with Crippen LogP contribution in [-0.4, -0.2) is 35.3 Å². The van der Waals surface area contributed by atoms with Crippen molar-refractivity contribution in [1.82, 2.24) is 15.2 Å². The molecule has 0 fully saturated rings. The first kappa shape index (κ1) is 22.0. The van der Waals surface area contributed by atoms with Crippen LogP contribution in [0.4, 0.5) is 5.69 Å². The Labute approximate surface area is 197 Å². The van der Waals surface area contributed by atoms with Crippen LogP contribution in [0.25, 0.3) is 16.9 Å². The Balaban J connectivity index is 1.56. The zero-order valence-corrected chi connectivity index (χ0v) is 19.0. The number of hydrazone groups is 1. The number of aromatic nitrogens is 2. The number of thiocarbonyl (C=S) groups is 1. The fourth-order valence-electron chi connectivity index (χ4n) is 3.23. The summed E-state index contributed by atoms with van der Waals surface area (Å²) in [5.41, 5.74) is 7.12. The fourth-order valence-corrected chi connectivity index (χ4v) is 3.39. The van der Waals surface area contributed by atoms with Gasteiger partial charge in [0.05, 0.1) is 31.8 Å². The molecule has 0 aliphatic carbocycles. The van der Waals surface area contributed by atoms with Gasteiger partial charge in [-0.3, -0.25) is 5.43 Å². The quantitative estimate of drug-likeness (QED) is 0.234. The molecule has 0 aliphatic heterocycles. The largest absolute Gasteiger partial charge is 0.497 e. The first-order valence-electron chi connectivity index (χ1n) is 10.2. The second-order valence-corrected chi connectivity index (χ2v) is 7.37. The molecule has 0 saturated heterocycles. The molecule has 0 bridgehead atoms. The second kappa shape index (κ2) is 10.4. The Kier molecular flexibility index (Phi) is 6.96. The van der Waals surface area contributed by atoms with Gasteiger partial charge in [-0.25, -0.2) is 4.68 Å². The molecule has 3 aromatic carbocycles. The standard InChI is InChI=1S/C25H23N5O2S/c1-31-21-14-12-18(13-15-21)24-19(17-30(29-24)20-8-4-3-5-9-20)16-26-28-25(33)27-22-10-6-7-11-23(22)32-2/h3-17H,1-2H3,(H2,27,28,33). The molecule has 7 nitrogen and oxygen atoms in total. The lowest BCUT2D eigenvalue weighted by atomic mass is 10.1. The third-order valence-electron chi connectivity index (χ3n) is 4.85. The minimum atomic E-state index is 0.345. The van der Waals surface area contributed by atoms with E-state index in [1.54, 1.807) is 20.4 Å². The molecule has 2 N–H and O–H groups in total. The van der Waals surface area contributed by atoms with Crippen molar-refractivity contribution in [1.29, 1.82) is 0 Å². The minimum Gasteiger partial charge on any atom is -0.497 e. The number of rotatable bonds is 7. The second-order valence-electron chi connectivity index (χ2n) is 6.97. The molecule has 0 atom stereocenters. The zero-order chi connectivity index (χ0) is 23.0. The average Bonchev–Trinajstić information content (AvgIpc) is 3.29. The number of methoxy groups -OCH3 is 2. The van der Waals surface area contributed by atoms with Crippen molar-refractivity contribution in [2.75, 3.05) is 19.5 Å². The predicted molar refractivity (Wildman–Crippen MR) is 135 cm³/mol. The van der Waals surface area contributed by atoms with Crippen molar-refractivity contribution in [3.63, 3.8) is 0 Å². The molecule has 0 aliphatic rings. The number of benzene rings is 3. The first-order valence-corrected chi connectivity index (χ1v) is 10.6. The van der Waals surface area contributed by atoms with E-state index >= 15 is 0 Å². The highest BCUT2D eigenvalue weighted by Crippen LogP contribution is 2.25. The first-order chi connectivity index (χ1) is 16.2. The van der Waals surface area contributed by atoms with E-state index in [4.69, 9.17) is 26.8 Å². The lowest BCUT2D eigenvalue weighted by Gasteiger charge is -2.10. The highest BCUT2D eigenvalue weighted by Gasteiger charge is 2.11. The number of nitrogens with one attached hydrogen (secondary N) is 2. The monoisotopic (exact) mass is 457 g/mol. The Morgan fingerprint density at radius 2 is 1.67 bits per heavy atom. The van der Waals surface area contributed by atoms with Crippen LogP contribution >= 0.6 is 12.2 Å². The summed E-state index contributed by atoms with van der Waals surface area (Å²) in [6.45, 7) is 0. The van der Waals surface area contributed by atoms with Gasteiger partial charge in [-0.15, -0.1) is 0 Å². The number of hydrogen-bond acceptors (Lipinski definition) is 5. The summed E-state index contributed by atoms with van der Waals surface area (Å²) in [4.78, 5) is 0. The molecule has 1 heterocycles. The van der Waals surface area contributed by atoms with Gasteiger partial charge in [-0.2, -0.15) is 10.2 Å². The molecular weight excluding hydrogens is 434 g/mol. The van der Waals surface area contributed by atoms with Crippen LogP contribution in [0, 0.1) is 0 Å². The van der Waals surface area contributed by atoms with Crippen molar-refractivity contribution in [3.8, 4) is 28.4 Å². The average molecular weight is 458 g/mol. The van der Waals surface area contributed by atoms with Gasteiger partial charge in [0, 0.05) is 17.3 Å². The predicted octanol–water partition coefficient (Wildman–Crippen LogP) is 4.88. The third kappa shape index (κ3) is 5.36. The Morgan fingerprint density at radius 1 is 0.939 bits per heavy atom. The van der Waals surface area contributed by atoms with Crippen LogP contribution < -0.4 is 20.2 Å². The molecule has 0 amide bonds. The number of ether oxygens (including phenoxy) is 2. The Hall–Kier alpha value is -4.17. The lowest BCUT2D eigenvalue weighted by molar-refractivity contribution is 0.415. The van der Waals surface area contributed by atoms with E-state index < -0.39 is 0 Å². The van der Waals surface area contributed by atoms with Crippen LogP contribution in [0.15, 0.2) is 90.2 Å². The van der Waals surface area contributed by atoms with E-state index in [9.17, 15) is 0 Å². The molecule has 0 saturated carbocycles. The van der Waals surface area contributed by atoms with Gasteiger partial charge in [0.1, 0.15) is 17.2 Å². The maximum absolute atomic E-state index is 5.37. The van der Waals surface area contributed by atoms with Crippen LogP contribution in [0.1, 0.15) is 5.56 Å². The van der Waals surface area contributed by atoms with Crippen LogP contribution in [-0.2, 0) is 0 Å². The van der Waals surface area contributed by atoms with E-state index in [2.05, 4.69) is 15.8 Å². The van der Waals surface area contributed by atoms with Gasteiger partial charge in [0.25, 0.3) is 0 Å². The maximum Gasteiger partial charge on any atom is 0.191 e. The SMILES string of the molecule is COc1ccc(-c2nn(-c3ccccc3)cc2C=NNC(=S)Nc2ccccc2OC)cc1. The van der Waals surface area contributed by atoms with Gasteiger partial charge < -0.3 is 14.8 Å².